The van der Waals surface area contributed by atoms with Gasteiger partial charge in [-0.25, -0.2) is 4.79 Å². The number of nitrogens with one attached hydrogen (secondary N) is 2. The van der Waals surface area contributed by atoms with Crippen molar-refractivity contribution in [1.82, 2.24) is 0 Å². The predicted octanol–water partition coefficient (Wildman–Crippen LogP) is 4.99. The highest BCUT2D eigenvalue weighted by Gasteiger charge is 2.15. The number of para-hydroxylation sites is 1. The molecule has 0 spiro atoms. The van der Waals surface area contributed by atoms with Crippen molar-refractivity contribution in [3.8, 4) is 0 Å². The number of carbonyl (C=O) groups is 2. The van der Waals surface area contributed by atoms with Crippen molar-refractivity contribution in [2.75, 3.05) is 17.2 Å². The quantitative estimate of drug-likeness (QED) is 0.528. The van der Waals surface area contributed by atoms with Crippen LogP contribution < -0.4 is 10.6 Å². The fraction of sp³-hybridized carbons (Fsp3) is 0.100. The van der Waals surface area contributed by atoms with Gasteiger partial charge in [0.2, 0.25) is 0 Å². The average Bonchev–Trinajstić information content (AvgIpc) is 3.21. The molecular weight excluding hydrogens is 403 g/mol. The van der Waals surface area contributed by atoms with E-state index in [-0.39, 0.29) is 0 Å². The smallest absolute Gasteiger partial charge is 0.340 e. The molecule has 3 rings (SSSR count). The van der Waals surface area contributed by atoms with E-state index in [1.807, 2.05) is 6.07 Å². The molecule has 1 aromatic heterocycles. The molecule has 8 heteroatoms. The maximum absolute atomic E-state index is 12.4. The van der Waals surface area contributed by atoms with Crippen molar-refractivity contribution < 1.29 is 18.7 Å². The number of esters is 1. The van der Waals surface area contributed by atoms with Crippen LogP contribution in [0.4, 0.5) is 11.4 Å². The molecule has 0 aliphatic rings. The molecule has 0 aliphatic carbocycles. The van der Waals surface area contributed by atoms with Gasteiger partial charge >= 0.3 is 5.97 Å². The summed E-state index contributed by atoms with van der Waals surface area (Å²) in [6.45, 7) is -0.0563. The van der Waals surface area contributed by atoms with Crippen molar-refractivity contribution >= 4 is 46.5 Å². The zero-order valence-corrected chi connectivity index (χ0v) is 16.1. The van der Waals surface area contributed by atoms with Crippen LogP contribution in [0, 0.1) is 0 Å². The maximum atomic E-state index is 12.4. The van der Waals surface area contributed by atoms with Crippen molar-refractivity contribution in [3.63, 3.8) is 0 Å². The lowest BCUT2D eigenvalue weighted by atomic mass is 10.2. The first kappa shape index (κ1) is 19.8. The van der Waals surface area contributed by atoms with Gasteiger partial charge in [0.15, 0.2) is 6.61 Å². The first-order chi connectivity index (χ1) is 13.5. The average molecular weight is 419 g/mol. The van der Waals surface area contributed by atoms with E-state index in [0.29, 0.717) is 33.5 Å². The molecule has 0 fully saturated rings. The summed E-state index contributed by atoms with van der Waals surface area (Å²) >= 11 is 11.9. The Bertz CT molecular complexity index is 974. The van der Waals surface area contributed by atoms with Gasteiger partial charge in [-0.05, 0) is 42.5 Å². The second-order valence-electron chi connectivity index (χ2n) is 5.73. The van der Waals surface area contributed by atoms with Crippen LogP contribution in [0.15, 0.2) is 65.3 Å². The Morgan fingerprint density at radius 1 is 1.00 bits per heavy atom. The number of benzene rings is 2. The molecule has 0 atom stereocenters. The maximum Gasteiger partial charge on any atom is 0.340 e. The van der Waals surface area contributed by atoms with Gasteiger partial charge in [-0.3, -0.25) is 4.79 Å². The summed E-state index contributed by atoms with van der Waals surface area (Å²) in [5, 5.41) is 6.42. The summed E-state index contributed by atoms with van der Waals surface area (Å²) in [5.41, 5.74) is 1.22. The first-order valence-electron chi connectivity index (χ1n) is 8.30. The van der Waals surface area contributed by atoms with E-state index in [1.54, 1.807) is 48.7 Å². The number of halogens is 2. The van der Waals surface area contributed by atoms with Crippen LogP contribution in [0.2, 0.25) is 10.0 Å². The van der Waals surface area contributed by atoms with Gasteiger partial charge in [0, 0.05) is 10.7 Å². The Morgan fingerprint density at radius 2 is 1.82 bits per heavy atom. The Hall–Kier alpha value is -2.96. The summed E-state index contributed by atoms with van der Waals surface area (Å²) in [4.78, 5) is 24.5. The first-order valence-corrected chi connectivity index (χ1v) is 9.06. The monoisotopic (exact) mass is 418 g/mol. The minimum absolute atomic E-state index is 0.308. The molecule has 28 heavy (non-hydrogen) atoms. The third kappa shape index (κ3) is 5.28. The van der Waals surface area contributed by atoms with E-state index >= 15 is 0 Å². The highest BCUT2D eigenvalue weighted by Crippen LogP contribution is 2.25. The summed E-state index contributed by atoms with van der Waals surface area (Å²) in [7, 11) is 0. The van der Waals surface area contributed by atoms with Gasteiger partial charge in [-0.2, -0.15) is 0 Å². The number of hydrogen-bond donors (Lipinski definition) is 2. The summed E-state index contributed by atoms with van der Waals surface area (Å²) < 4.78 is 10.4. The standard InChI is InChI=1S/C20H16Cl2N2O4/c21-13-7-8-16(22)18(10-13)24-19(25)12-28-20(26)15-5-1-2-6-17(15)23-11-14-4-3-9-27-14/h1-10,23H,11-12H2,(H,24,25). The van der Waals surface area contributed by atoms with Crippen LogP contribution >= 0.6 is 23.2 Å². The number of amides is 1. The zero-order chi connectivity index (χ0) is 19.9. The van der Waals surface area contributed by atoms with Crippen LogP contribution in [0.3, 0.4) is 0 Å². The van der Waals surface area contributed by atoms with Crippen LogP contribution in [-0.2, 0) is 16.1 Å². The minimum atomic E-state index is -0.630. The van der Waals surface area contributed by atoms with Crippen molar-refractivity contribution in [3.05, 3.63) is 82.2 Å². The second-order valence-corrected chi connectivity index (χ2v) is 6.57. The topological polar surface area (TPSA) is 80.6 Å². The number of hydrogen-bond acceptors (Lipinski definition) is 5. The number of rotatable bonds is 7. The van der Waals surface area contributed by atoms with E-state index in [0.717, 1.165) is 5.76 Å². The normalized spacial score (nSPS) is 10.4. The van der Waals surface area contributed by atoms with Gasteiger partial charge < -0.3 is 19.8 Å². The molecule has 0 bridgehead atoms. The Labute approximate surface area is 171 Å². The van der Waals surface area contributed by atoms with Gasteiger partial charge in [-0.15, -0.1) is 0 Å². The van der Waals surface area contributed by atoms with Crippen molar-refractivity contribution in [1.29, 1.82) is 0 Å². The SMILES string of the molecule is O=C(COC(=O)c1ccccc1NCc1ccco1)Nc1cc(Cl)ccc1Cl. The number of furan rings is 1. The molecule has 3 aromatic rings. The van der Waals surface area contributed by atoms with Gasteiger partial charge in [0.25, 0.3) is 5.91 Å². The number of anilines is 2. The third-order valence-corrected chi connectivity index (χ3v) is 4.28. The second kappa shape index (κ2) is 9.30. The summed E-state index contributed by atoms with van der Waals surface area (Å²) in [6.07, 6.45) is 1.57. The molecule has 0 saturated heterocycles. The summed E-state index contributed by atoms with van der Waals surface area (Å²) in [6, 6.07) is 15.1. The zero-order valence-electron chi connectivity index (χ0n) is 14.6. The molecule has 6 nitrogen and oxygen atoms in total. The summed E-state index contributed by atoms with van der Waals surface area (Å²) in [5.74, 6) is -0.436. The van der Waals surface area contributed by atoms with Gasteiger partial charge in [-0.1, -0.05) is 35.3 Å². The lowest BCUT2D eigenvalue weighted by molar-refractivity contribution is -0.119. The number of ether oxygens (including phenoxy) is 1. The number of carbonyl (C=O) groups excluding carboxylic acids is 2. The van der Waals surface area contributed by atoms with E-state index in [9.17, 15) is 9.59 Å². The van der Waals surface area contributed by atoms with Crippen LogP contribution in [0.5, 0.6) is 0 Å². The Balaban J connectivity index is 1.58. The molecule has 2 aromatic carbocycles. The largest absolute Gasteiger partial charge is 0.467 e. The Morgan fingerprint density at radius 3 is 2.61 bits per heavy atom. The molecular formula is C20H16Cl2N2O4. The van der Waals surface area contributed by atoms with E-state index in [4.69, 9.17) is 32.4 Å². The highest BCUT2D eigenvalue weighted by molar-refractivity contribution is 6.35. The third-order valence-electron chi connectivity index (χ3n) is 3.72. The van der Waals surface area contributed by atoms with Crippen molar-refractivity contribution in [2.24, 2.45) is 0 Å². The molecule has 0 radical (unpaired) electrons. The molecule has 0 aliphatic heterocycles. The fourth-order valence-corrected chi connectivity index (χ4v) is 2.74. The van der Waals surface area contributed by atoms with E-state index in [1.165, 1.54) is 6.07 Å². The lowest BCUT2D eigenvalue weighted by Gasteiger charge is -2.11. The van der Waals surface area contributed by atoms with Gasteiger partial charge in [0.05, 0.1) is 29.1 Å². The molecule has 144 valence electrons. The lowest BCUT2D eigenvalue weighted by Crippen LogP contribution is -2.21. The highest BCUT2D eigenvalue weighted by atomic mass is 35.5. The van der Waals surface area contributed by atoms with Crippen molar-refractivity contribution in [2.45, 2.75) is 6.54 Å². The van der Waals surface area contributed by atoms with E-state index < -0.39 is 18.5 Å². The van der Waals surface area contributed by atoms with E-state index in [2.05, 4.69) is 10.6 Å². The predicted molar refractivity (Wildman–Crippen MR) is 108 cm³/mol. The molecule has 0 saturated carbocycles. The minimum Gasteiger partial charge on any atom is -0.467 e. The van der Waals surface area contributed by atoms with Crippen LogP contribution in [-0.4, -0.2) is 18.5 Å². The fourth-order valence-electron chi connectivity index (χ4n) is 2.40. The Kier molecular flexibility index (Phi) is 6.57. The molecule has 0 unspecified atom stereocenters. The van der Waals surface area contributed by atoms with Crippen LogP contribution in [0.1, 0.15) is 16.1 Å². The molecule has 1 heterocycles. The molecule has 2 N–H and O–H groups in total. The van der Waals surface area contributed by atoms with Gasteiger partial charge in [0.1, 0.15) is 5.76 Å². The molecule has 1 amide bonds. The van der Waals surface area contributed by atoms with Crippen LogP contribution in [0.25, 0.3) is 0 Å².